The van der Waals surface area contributed by atoms with Crippen LogP contribution in [0, 0.1) is 0 Å². The van der Waals surface area contributed by atoms with Crippen LogP contribution in [0.25, 0.3) is 0 Å². The molecule has 3 nitrogen and oxygen atoms in total. The van der Waals surface area contributed by atoms with Crippen molar-refractivity contribution in [3.05, 3.63) is 94.5 Å². The van der Waals surface area contributed by atoms with E-state index in [2.05, 4.69) is 35.6 Å². The zero-order valence-electron chi connectivity index (χ0n) is 16.6. The van der Waals surface area contributed by atoms with E-state index in [1.54, 1.807) is 0 Å². The maximum atomic E-state index is 6.15. The fraction of sp³-hybridized carbons (Fsp3) is 0.250. The summed E-state index contributed by atoms with van der Waals surface area (Å²) in [6.45, 7) is 4.68. The SMILES string of the molecule is CCOc1cccc(CNCCc2ccccc2)c1OCc1ccc(Cl)cc1.Cl. The Morgan fingerprint density at radius 2 is 1.59 bits per heavy atom. The molecule has 0 radical (unpaired) electrons. The Balaban J connectivity index is 0.00000300. The van der Waals surface area contributed by atoms with E-state index < -0.39 is 0 Å². The first kappa shape index (κ1) is 23.1. The van der Waals surface area contributed by atoms with E-state index in [0.29, 0.717) is 13.2 Å². The van der Waals surface area contributed by atoms with Crippen molar-refractivity contribution < 1.29 is 9.47 Å². The molecule has 0 aliphatic carbocycles. The van der Waals surface area contributed by atoms with Gasteiger partial charge < -0.3 is 14.8 Å². The minimum Gasteiger partial charge on any atom is -0.490 e. The van der Waals surface area contributed by atoms with Crippen LogP contribution < -0.4 is 14.8 Å². The van der Waals surface area contributed by atoms with Crippen molar-refractivity contribution in [3.8, 4) is 11.5 Å². The molecule has 0 saturated carbocycles. The lowest BCUT2D eigenvalue weighted by atomic mass is 10.1. The van der Waals surface area contributed by atoms with Crippen molar-refractivity contribution in [2.75, 3.05) is 13.2 Å². The lowest BCUT2D eigenvalue weighted by Gasteiger charge is -2.16. The van der Waals surface area contributed by atoms with Crippen LogP contribution in [0.3, 0.4) is 0 Å². The summed E-state index contributed by atoms with van der Waals surface area (Å²) in [4.78, 5) is 0. The molecule has 3 rings (SSSR count). The predicted octanol–water partition coefficient (Wildman–Crippen LogP) is 6.07. The highest BCUT2D eigenvalue weighted by molar-refractivity contribution is 6.30. The van der Waals surface area contributed by atoms with Gasteiger partial charge in [0.05, 0.1) is 6.61 Å². The van der Waals surface area contributed by atoms with Crippen molar-refractivity contribution in [1.82, 2.24) is 5.32 Å². The monoisotopic (exact) mass is 431 g/mol. The van der Waals surface area contributed by atoms with Crippen LogP contribution in [0.2, 0.25) is 5.02 Å². The van der Waals surface area contributed by atoms with Gasteiger partial charge in [0.2, 0.25) is 0 Å². The van der Waals surface area contributed by atoms with Crippen LogP contribution >= 0.6 is 24.0 Å². The lowest BCUT2D eigenvalue weighted by Crippen LogP contribution is -2.17. The molecule has 0 unspecified atom stereocenters. The van der Waals surface area contributed by atoms with Crippen LogP contribution in [-0.4, -0.2) is 13.2 Å². The first-order valence-corrected chi connectivity index (χ1v) is 10.0. The average molecular weight is 432 g/mol. The average Bonchev–Trinajstić information content (AvgIpc) is 2.73. The molecule has 1 N–H and O–H groups in total. The Morgan fingerprint density at radius 1 is 0.828 bits per heavy atom. The molecule has 3 aromatic rings. The van der Waals surface area contributed by atoms with Gasteiger partial charge in [-0.25, -0.2) is 0 Å². The highest BCUT2D eigenvalue weighted by Crippen LogP contribution is 2.32. The molecule has 0 bridgehead atoms. The van der Waals surface area contributed by atoms with Gasteiger partial charge in [-0.1, -0.05) is 66.2 Å². The molecule has 0 heterocycles. The largest absolute Gasteiger partial charge is 0.490 e. The molecule has 0 aromatic heterocycles. The molecule has 154 valence electrons. The second-order valence-corrected chi connectivity index (χ2v) is 6.94. The second kappa shape index (κ2) is 12.4. The summed E-state index contributed by atoms with van der Waals surface area (Å²) in [6, 6.07) is 24.2. The first-order chi connectivity index (χ1) is 13.8. The van der Waals surface area contributed by atoms with Gasteiger partial charge in [-0.15, -0.1) is 12.4 Å². The predicted molar refractivity (Wildman–Crippen MR) is 122 cm³/mol. The van der Waals surface area contributed by atoms with Crippen LogP contribution in [0.5, 0.6) is 11.5 Å². The summed E-state index contributed by atoms with van der Waals surface area (Å²) in [5, 5.41) is 4.24. The third-order valence-corrected chi connectivity index (χ3v) is 4.66. The quantitative estimate of drug-likeness (QED) is 0.395. The van der Waals surface area contributed by atoms with Crippen LogP contribution in [0.4, 0.5) is 0 Å². The number of para-hydroxylation sites is 1. The molecule has 0 amide bonds. The van der Waals surface area contributed by atoms with E-state index in [9.17, 15) is 0 Å². The van der Waals surface area contributed by atoms with E-state index in [0.717, 1.165) is 47.2 Å². The highest BCUT2D eigenvalue weighted by Gasteiger charge is 2.11. The van der Waals surface area contributed by atoms with E-state index in [1.165, 1.54) is 5.56 Å². The van der Waals surface area contributed by atoms with E-state index in [1.807, 2.05) is 49.4 Å². The molecule has 0 aliphatic rings. The van der Waals surface area contributed by atoms with Crippen molar-refractivity contribution in [2.24, 2.45) is 0 Å². The normalized spacial score (nSPS) is 10.3. The summed E-state index contributed by atoms with van der Waals surface area (Å²) in [5.41, 5.74) is 3.49. The van der Waals surface area contributed by atoms with Gasteiger partial charge in [0.1, 0.15) is 6.61 Å². The minimum atomic E-state index is 0. The number of hydrogen-bond donors (Lipinski definition) is 1. The molecule has 3 aromatic carbocycles. The highest BCUT2D eigenvalue weighted by atomic mass is 35.5. The fourth-order valence-electron chi connectivity index (χ4n) is 2.97. The fourth-order valence-corrected chi connectivity index (χ4v) is 3.10. The topological polar surface area (TPSA) is 30.5 Å². The van der Waals surface area contributed by atoms with E-state index in [-0.39, 0.29) is 12.4 Å². The third-order valence-electron chi connectivity index (χ3n) is 4.41. The molecule has 0 fully saturated rings. The minimum absolute atomic E-state index is 0. The molecule has 29 heavy (non-hydrogen) atoms. The van der Waals surface area contributed by atoms with Crippen molar-refractivity contribution in [2.45, 2.75) is 26.5 Å². The Labute approximate surface area is 184 Å². The van der Waals surface area contributed by atoms with Gasteiger partial charge >= 0.3 is 0 Å². The number of hydrogen-bond acceptors (Lipinski definition) is 3. The van der Waals surface area contributed by atoms with Gasteiger partial charge in [0.25, 0.3) is 0 Å². The third kappa shape index (κ3) is 7.28. The summed E-state index contributed by atoms with van der Waals surface area (Å²) < 4.78 is 11.9. The molecule has 5 heteroatoms. The second-order valence-electron chi connectivity index (χ2n) is 6.50. The summed E-state index contributed by atoms with van der Waals surface area (Å²) in [5.74, 6) is 1.57. The number of rotatable bonds is 10. The first-order valence-electron chi connectivity index (χ1n) is 9.63. The van der Waals surface area contributed by atoms with Gasteiger partial charge in [-0.05, 0) is 49.2 Å². The Hall–Kier alpha value is -2.20. The van der Waals surface area contributed by atoms with Gasteiger partial charge in [0.15, 0.2) is 11.5 Å². The molecular formula is C24H27Cl2NO2. The zero-order valence-corrected chi connectivity index (χ0v) is 18.1. The number of ether oxygens (including phenoxy) is 2. The number of benzene rings is 3. The van der Waals surface area contributed by atoms with Crippen LogP contribution in [0.1, 0.15) is 23.6 Å². The van der Waals surface area contributed by atoms with Gasteiger partial charge in [0, 0.05) is 17.1 Å². The number of nitrogens with one attached hydrogen (secondary N) is 1. The van der Waals surface area contributed by atoms with Crippen molar-refractivity contribution >= 4 is 24.0 Å². The molecule has 0 aliphatic heterocycles. The maximum Gasteiger partial charge on any atom is 0.166 e. The van der Waals surface area contributed by atoms with E-state index >= 15 is 0 Å². The molecular weight excluding hydrogens is 405 g/mol. The van der Waals surface area contributed by atoms with Gasteiger partial charge in [-0.2, -0.15) is 0 Å². The summed E-state index contributed by atoms with van der Waals surface area (Å²) in [6.07, 6.45) is 0.993. The molecule has 0 spiro atoms. The van der Waals surface area contributed by atoms with Crippen LogP contribution in [0.15, 0.2) is 72.8 Å². The summed E-state index contributed by atoms with van der Waals surface area (Å²) in [7, 11) is 0. The maximum absolute atomic E-state index is 6.15. The Kier molecular flexibility index (Phi) is 9.85. The van der Waals surface area contributed by atoms with Crippen molar-refractivity contribution in [3.63, 3.8) is 0 Å². The zero-order chi connectivity index (χ0) is 19.6. The smallest absolute Gasteiger partial charge is 0.166 e. The summed E-state index contributed by atoms with van der Waals surface area (Å²) >= 11 is 5.97. The standard InChI is InChI=1S/C24H26ClNO2.ClH/c1-2-27-23-10-6-9-21(17-26-16-15-19-7-4-3-5-8-19)24(23)28-18-20-11-13-22(25)14-12-20;/h3-14,26H,2,15-18H2,1H3;1H. The molecule has 0 saturated heterocycles. The van der Waals surface area contributed by atoms with Gasteiger partial charge in [-0.3, -0.25) is 0 Å². The Bertz CT molecular complexity index is 855. The Morgan fingerprint density at radius 3 is 2.31 bits per heavy atom. The van der Waals surface area contributed by atoms with Crippen molar-refractivity contribution in [1.29, 1.82) is 0 Å². The lowest BCUT2D eigenvalue weighted by molar-refractivity contribution is 0.266. The van der Waals surface area contributed by atoms with Crippen LogP contribution in [-0.2, 0) is 19.6 Å². The molecule has 0 atom stereocenters. The number of halogens is 2. The van der Waals surface area contributed by atoms with E-state index in [4.69, 9.17) is 21.1 Å².